The maximum absolute atomic E-state index is 12.9. The number of ether oxygens (including phenoxy) is 2. The van der Waals surface area contributed by atoms with Crippen LogP contribution in [0.15, 0.2) is 48.5 Å². The Morgan fingerprint density at radius 1 is 1.19 bits per heavy atom. The summed E-state index contributed by atoms with van der Waals surface area (Å²) in [6, 6.07) is 15.3. The molecule has 26 heavy (non-hydrogen) atoms. The highest BCUT2D eigenvalue weighted by Crippen LogP contribution is 2.39. The first kappa shape index (κ1) is 18.3. The summed E-state index contributed by atoms with van der Waals surface area (Å²) in [5.41, 5.74) is 8.26. The number of carbonyl (C=O) groups excluding carboxylic acids is 1. The smallest absolute Gasteiger partial charge is 0.224 e. The topological polar surface area (TPSA) is 64.8 Å². The van der Waals surface area contributed by atoms with Crippen molar-refractivity contribution in [3.8, 4) is 11.5 Å². The van der Waals surface area contributed by atoms with E-state index < -0.39 is 0 Å². The van der Waals surface area contributed by atoms with Crippen molar-refractivity contribution in [2.75, 3.05) is 20.8 Å². The molecule has 0 radical (unpaired) electrons. The lowest BCUT2D eigenvalue weighted by Crippen LogP contribution is -2.33. The number of benzene rings is 2. The van der Waals surface area contributed by atoms with Gasteiger partial charge in [0, 0.05) is 30.6 Å². The lowest BCUT2D eigenvalue weighted by molar-refractivity contribution is -0.132. The van der Waals surface area contributed by atoms with Crippen molar-refractivity contribution in [2.24, 2.45) is 5.73 Å². The first-order valence-electron chi connectivity index (χ1n) is 8.96. The lowest BCUT2D eigenvalue weighted by atomic mass is 10.0. The minimum atomic E-state index is -0.289. The molecule has 1 aliphatic heterocycles. The molecule has 2 unspecified atom stereocenters. The van der Waals surface area contributed by atoms with Crippen LogP contribution in [-0.4, -0.2) is 31.6 Å². The van der Waals surface area contributed by atoms with Gasteiger partial charge in [0.25, 0.3) is 0 Å². The van der Waals surface area contributed by atoms with Gasteiger partial charge in [0.15, 0.2) is 0 Å². The molecule has 2 N–H and O–H groups in total. The minimum Gasteiger partial charge on any atom is -0.497 e. The highest BCUT2D eigenvalue weighted by Gasteiger charge is 2.32. The molecule has 2 atom stereocenters. The van der Waals surface area contributed by atoms with Crippen LogP contribution >= 0.6 is 0 Å². The summed E-state index contributed by atoms with van der Waals surface area (Å²) in [5.74, 6) is 1.58. The van der Waals surface area contributed by atoms with E-state index in [0.29, 0.717) is 6.42 Å². The number of nitrogens with zero attached hydrogens (tertiary/aromatic N) is 1. The van der Waals surface area contributed by atoms with E-state index >= 15 is 0 Å². The molecule has 138 valence electrons. The molecule has 0 aromatic heterocycles. The molecule has 5 heteroatoms. The number of rotatable bonds is 6. The summed E-state index contributed by atoms with van der Waals surface area (Å²) < 4.78 is 10.8. The predicted molar refractivity (Wildman–Crippen MR) is 101 cm³/mol. The van der Waals surface area contributed by atoms with Crippen molar-refractivity contribution in [2.45, 2.75) is 31.3 Å². The summed E-state index contributed by atoms with van der Waals surface area (Å²) >= 11 is 0. The monoisotopic (exact) mass is 354 g/mol. The van der Waals surface area contributed by atoms with E-state index in [4.69, 9.17) is 15.2 Å². The van der Waals surface area contributed by atoms with Crippen molar-refractivity contribution < 1.29 is 14.3 Å². The fourth-order valence-electron chi connectivity index (χ4n) is 3.61. The second kappa shape index (κ2) is 8.23. The zero-order valence-corrected chi connectivity index (χ0v) is 15.4. The molecule has 0 spiro atoms. The number of carbonyl (C=O) groups is 1. The fourth-order valence-corrected chi connectivity index (χ4v) is 3.61. The molecular formula is C21H26N2O3. The Morgan fingerprint density at radius 2 is 1.96 bits per heavy atom. The Balaban J connectivity index is 1.77. The standard InChI is InChI=1S/C21H26N2O3/c1-25-16-10-11-17(20(13-16)26-2)19-9-6-12-23(19)21(24)14-18(22)15-7-4-3-5-8-15/h3-5,7-8,10-11,13,18-19H,6,9,12,14,22H2,1-2H3. The van der Waals surface area contributed by atoms with E-state index in [9.17, 15) is 4.79 Å². The molecule has 1 saturated heterocycles. The Bertz CT molecular complexity index is 748. The molecule has 0 aliphatic carbocycles. The van der Waals surface area contributed by atoms with Crippen molar-refractivity contribution >= 4 is 5.91 Å². The average molecular weight is 354 g/mol. The molecule has 0 bridgehead atoms. The van der Waals surface area contributed by atoms with Crippen LogP contribution in [0.4, 0.5) is 0 Å². The van der Waals surface area contributed by atoms with Crippen LogP contribution in [0.2, 0.25) is 0 Å². The van der Waals surface area contributed by atoms with Gasteiger partial charge in [0.05, 0.1) is 20.3 Å². The number of hydrogen-bond donors (Lipinski definition) is 1. The van der Waals surface area contributed by atoms with Gasteiger partial charge in [-0.1, -0.05) is 30.3 Å². The molecule has 1 fully saturated rings. The van der Waals surface area contributed by atoms with E-state index in [1.54, 1.807) is 14.2 Å². The highest BCUT2D eigenvalue weighted by molar-refractivity contribution is 5.78. The third kappa shape index (κ3) is 3.83. The molecule has 3 rings (SSSR count). The van der Waals surface area contributed by atoms with E-state index in [-0.39, 0.29) is 18.0 Å². The third-order valence-electron chi connectivity index (χ3n) is 5.00. The average Bonchev–Trinajstić information content (AvgIpc) is 3.17. The summed E-state index contributed by atoms with van der Waals surface area (Å²) in [5, 5.41) is 0. The molecule has 2 aromatic carbocycles. The summed E-state index contributed by atoms with van der Waals surface area (Å²) in [6.45, 7) is 0.750. The van der Waals surface area contributed by atoms with E-state index in [0.717, 1.165) is 42.0 Å². The van der Waals surface area contributed by atoms with Gasteiger partial charge in [0.2, 0.25) is 5.91 Å². The molecule has 1 aliphatic rings. The largest absolute Gasteiger partial charge is 0.497 e. The first-order chi connectivity index (χ1) is 12.6. The highest BCUT2D eigenvalue weighted by atomic mass is 16.5. The fraction of sp³-hybridized carbons (Fsp3) is 0.381. The van der Waals surface area contributed by atoms with Gasteiger partial charge in [-0.05, 0) is 30.5 Å². The van der Waals surface area contributed by atoms with Gasteiger partial charge >= 0.3 is 0 Å². The van der Waals surface area contributed by atoms with Gasteiger partial charge in [0.1, 0.15) is 11.5 Å². The zero-order chi connectivity index (χ0) is 18.5. The second-order valence-electron chi connectivity index (χ2n) is 6.57. The number of nitrogens with two attached hydrogens (primary N) is 1. The third-order valence-corrected chi connectivity index (χ3v) is 5.00. The van der Waals surface area contributed by atoms with Crippen molar-refractivity contribution in [3.05, 3.63) is 59.7 Å². The number of hydrogen-bond acceptors (Lipinski definition) is 4. The van der Waals surface area contributed by atoms with E-state index in [2.05, 4.69) is 0 Å². The maximum Gasteiger partial charge on any atom is 0.224 e. The second-order valence-corrected chi connectivity index (χ2v) is 6.57. The van der Waals surface area contributed by atoms with Gasteiger partial charge in [-0.3, -0.25) is 4.79 Å². The van der Waals surface area contributed by atoms with Crippen LogP contribution in [0.3, 0.4) is 0 Å². The number of likely N-dealkylation sites (tertiary alicyclic amines) is 1. The SMILES string of the molecule is COc1ccc(C2CCCN2C(=O)CC(N)c2ccccc2)c(OC)c1. The lowest BCUT2D eigenvalue weighted by Gasteiger charge is -2.27. The maximum atomic E-state index is 12.9. The predicted octanol–water partition coefficient (Wildman–Crippen LogP) is 3.46. The number of amides is 1. The molecular weight excluding hydrogens is 328 g/mol. The van der Waals surface area contributed by atoms with E-state index in [1.165, 1.54) is 0 Å². The Morgan fingerprint density at radius 3 is 2.65 bits per heavy atom. The molecule has 0 saturated carbocycles. The summed E-state index contributed by atoms with van der Waals surface area (Å²) in [6.07, 6.45) is 2.21. The van der Waals surface area contributed by atoms with Crippen molar-refractivity contribution in [3.63, 3.8) is 0 Å². The molecule has 1 heterocycles. The van der Waals surface area contributed by atoms with Crippen LogP contribution in [0.5, 0.6) is 11.5 Å². The summed E-state index contributed by atoms with van der Waals surface area (Å²) in [4.78, 5) is 14.9. The number of methoxy groups -OCH3 is 2. The zero-order valence-electron chi connectivity index (χ0n) is 15.4. The van der Waals surface area contributed by atoms with Crippen LogP contribution in [0.25, 0.3) is 0 Å². The van der Waals surface area contributed by atoms with Gasteiger partial charge in [-0.15, -0.1) is 0 Å². The van der Waals surface area contributed by atoms with Crippen molar-refractivity contribution in [1.29, 1.82) is 0 Å². The van der Waals surface area contributed by atoms with Crippen LogP contribution in [0, 0.1) is 0 Å². The van der Waals surface area contributed by atoms with Gasteiger partial charge < -0.3 is 20.1 Å². The van der Waals surface area contributed by atoms with E-state index in [1.807, 2.05) is 53.4 Å². The molecule has 2 aromatic rings. The Hall–Kier alpha value is -2.53. The van der Waals surface area contributed by atoms with Crippen LogP contribution in [0.1, 0.15) is 42.5 Å². The molecule has 5 nitrogen and oxygen atoms in total. The van der Waals surface area contributed by atoms with Gasteiger partial charge in [-0.25, -0.2) is 0 Å². The van der Waals surface area contributed by atoms with Crippen LogP contribution in [-0.2, 0) is 4.79 Å². The quantitative estimate of drug-likeness (QED) is 0.863. The normalized spacial score (nSPS) is 17.8. The van der Waals surface area contributed by atoms with Crippen LogP contribution < -0.4 is 15.2 Å². The van der Waals surface area contributed by atoms with Crippen molar-refractivity contribution in [1.82, 2.24) is 4.90 Å². The summed E-state index contributed by atoms with van der Waals surface area (Å²) in [7, 11) is 3.27. The first-order valence-corrected chi connectivity index (χ1v) is 8.96. The Kier molecular flexibility index (Phi) is 5.78. The molecule has 1 amide bonds. The van der Waals surface area contributed by atoms with Gasteiger partial charge in [-0.2, -0.15) is 0 Å². The Labute approximate surface area is 154 Å². The minimum absolute atomic E-state index is 0.0197.